The number of nitrogens with one attached hydrogen (secondary N) is 1. The van der Waals surface area contributed by atoms with Crippen LogP contribution in [0.2, 0.25) is 5.02 Å². The average molecular weight is 308 g/mol. The lowest BCUT2D eigenvalue weighted by molar-refractivity contribution is 0.0696. The van der Waals surface area contributed by atoms with Gasteiger partial charge in [-0.1, -0.05) is 11.6 Å². The number of carboxylic acids is 1. The fraction of sp³-hybridized carbons (Fsp3) is 0.0667. The number of carbonyl (C=O) groups is 2. The molecule has 2 aromatic rings. The predicted octanol–water partition coefficient (Wildman–Crippen LogP) is 3.74. The van der Waals surface area contributed by atoms with Crippen molar-refractivity contribution in [1.82, 2.24) is 0 Å². The number of anilines is 1. The standard InChI is InChI=1S/C15H11ClFNO3/c1-8-6-10(3-4-11(8)15(20)21)18-14(19)9-2-5-12(16)13(17)7-9/h2-7H,1H3,(H,18,19)(H,20,21). The van der Waals surface area contributed by atoms with Gasteiger partial charge in [0.15, 0.2) is 0 Å². The number of carbonyl (C=O) groups excluding carboxylic acids is 1. The quantitative estimate of drug-likeness (QED) is 0.907. The smallest absolute Gasteiger partial charge is 0.335 e. The van der Waals surface area contributed by atoms with Crippen LogP contribution < -0.4 is 5.32 Å². The molecule has 0 saturated carbocycles. The molecular weight excluding hydrogens is 297 g/mol. The van der Waals surface area contributed by atoms with Gasteiger partial charge in [0.2, 0.25) is 0 Å². The van der Waals surface area contributed by atoms with Gasteiger partial charge in [0, 0.05) is 11.3 Å². The second-order valence-corrected chi connectivity index (χ2v) is 4.83. The average Bonchev–Trinajstić information content (AvgIpc) is 2.41. The number of rotatable bonds is 3. The van der Waals surface area contributed by atoms with Crippen molar-refractivity contribution in [3.63, 3.8) is 0 Å². The van der Waals surface area contributed by atoms with Gasteiger partial charge < -0.3 is 10.4 Å². The van der Waals surface area contributed by atoms with E-state index in [0.29, 0.717) is 11.3 Å². The lowest BCUT2D eigenvalue weighted by Crippen LogP contribution is -2.12. The summed E-state index contributed by atoms with van der Waals surface area (Å²) in [6.07, 6.45) is 0. The van der Waals surface area contributed by atoms with E-state index in [0.717, 1.165) is 6.07 Å². The van der Waals surface area contributed by atoms with Crippen molar-refractivity contribution < 1.29 is 19.1 Å². The highest BCUT2D eigenvalue weighted by molar-refractivity contribution is 6.30. The van der Waals surface area contributed by atoms with Crippen LogP contribution in [0.25, 0.3) is 0 Å². The Kier molecular flexibility index (Phi) is 4.23. The third-order valence-corrected chi connectivity index (χ3v) is 3.20. The van der Waals surface area contributed by atoms with Gasteiger partial charge >= 0.3 is 5.97 Å². The first-order chi connectivity index (χ1) is 9.88. The largest absolute Gasteiger partial charge is 0.478 e. The van der Waals surface area contributed by atoms with E-state index in [4.69, 9.17) is 16.7 Å². The molecule has 1 amide bonds. The van der Waals surface area contributed by atoms with E-state index in [1.807, 2.05) is 0 Å². The van der Waals surface area contributed by atoms with Crippen LogP contribution in [0.15, 0.2) is 36.4 Å². The molecule has 0 aliphatic heterocycles. The van der Waals surface area contributed by atoms with Crippen LogP contribution in [-0.2, 0) is 0 Å². The Morgan fingerprint density at radius 1 is 1.19 bits per heavy atom. The van der Waals surface area contributed by atoms with Crippen LogP contribution in [0.3, 0.4) is 0 Å². The number of hydrogen-bond donors (Lipinski definition) is 2. The van der Waals surface area contributed by atoms with Crippen LogP contribution in [0.4, 0.5) is 10.1 Å². The molecule has 0 aliphatic rings. The van der Waals surface area contributed by atoms with Gasteiger partial charge in [-0.05, 0) is 48.9 Å². The molecule has 0 heterocycles. The number of hydrogen-bond acceptors (Lipinski definition) is 2. The topological polar surface area (TPSA) is 66.4 Å². The fourth-order valence-corrected chi connectivity index (χ4v) is 1.94. The molecule has 6 heteroatoms. The summed E-state index contributed by atoms with van der Waals surface area (Å²) in [5, 5.41) is 11.4. The summed E-state index contributed by atoms with van der Waals surface area (Å²) in [5.41, 5.74) is 1.22. The monoisotopic (exact) mass is 307 g/mol. The zero-order chi connectivity index (χ0) is 15.6. The first-order valence-corrected chi connectivity index (χ1v) is 6.36. The van der Waals surface area contributed by atoms with Gasteiger partial charge in [0.25, 0.3) is 5.91 Å². The molecule has 2 N–H and O–H groups in total. The van der Waals surface area contributed by atoms with Crippen molar-refractivity contribution in [2.24, 2.45) is 0 Å². The van der Waals surface area contributed by atoms with Gasteiger partial charge in [-0.25, -0.2) is 9.18 Å². The Morgan fingerprint density at radius 3 is 2.48 bits per heavy atom. The lowest BCUT2D eigenvalue weighted by atomic mass is 10.1. The Hall–Kier alpha value is -2.40. The minimum atomic E-state index is -1.04. The van der Waals surface area contributed by atoms with Crippen molar-refractivity contribution in [2.75, 3.05) is 5.32 Å². The van der Waals surface area contributed by atoms with Gasteiger partial charge in [-0.15, -0.1) is 0 Å². The molecule has 21 heavy (non-hydrogen) atoms. The van der Waals surface area contributed by atoms with Crippen LogP contribution in [0.5, 0.6) is 0 Å². The van der Waals surface area contributed by atoms with E-state index in [1.165, 1.54) is 30.3 Å². The number of aromatic carboxylic acids is 1. The van der Waals surface area contributed by atoms with Gasteiger partial charge in [-0.3, -0.25) is 4.79 Å². The van der Waals surface area contributed by atoms with E-state index in [-0.39, 0.29) is 16.1 Å². The fourth-order valence-electron chi connectivity index (χ4n) is 1.82. The van der Waals surface area contributed by atoms with Crippen LogP contribution >= 0.6 is 11.6 Å². The third kappa shape index (κ3) is 3.38. The van der Waals surface area contributed by atoms with E-state index in [2.05, 4.69) is 5.32 Å². The van der Waals surface area contributed by atoms with E-state index in [9.17, 15) is 14.0 Å². The van der Waals surface area contributed by atoms with Crippen molar-refractivity contribution in [3.05, 3.63) is 63.9 Å². The molecule has 0 spiro atoms. The lowest BCUT2D eigenvalue weighted by Gasteiger charge is -2.08. The molecule has 0 aromatic heterocycles. The minimum Gasteiger partial charge on any atom is -0.478 e. The highest BCUT2D eigenvalue weighted by Crippen LogP contribution is 2.18. The molecule has 2 rings (SSSR count). The molecule has 0 atom stereocenters. The molecule has 0 radical (unpaired) electrons. The predicted molar refractivity (Wildman–Crippen MR) is 77.5 cm³/mol. The summed E-state index contributed by atoms with van der Waals surface area (Å²) in [5.74, 6) is -2.22. The molecule has 4 nitrogen and oxygen atoms in total. The van der Waals surface area contributed by atoms with Gasteiger partial charge in [-0.2, -0.15) is 0 Å². The van der Waals surface area contributed by atoms with Crippen molar-refractivity contribution >= 4 is 29.2 Å². The maximum atomic E-state index is 13.3. The van der Waals surface area contributed by atoms with E-state index in [1.54, 1.807) is 6.92 Å². The molecule has 0 saturated heterocycles. The SMILES string of the molecule is Cc1cc(NC(=O)c2ccc(Cl)c(F)c2)ccc1C(=O)O. The number of aryl methyl sites for hydroxylation is 1. The second kappa shape index (κ2) is 5.93. The first kappa shape index (κ1) is 15.0. The summed E-state index contributed by atoms with van der Waals surface area (Å²) in [6.45, 7) is 1.63. The molecule has 0 aliphatic carbocycles. The normalized spacial score (nSPS) is 10.2. The van der Waals surface area contributed by atoms with Crippen molar-refractivity contribution in [1.29, 1.82) is 0 Å². The van der Waals surface area contributed by atoms with Crippen molar-refractivity contribution in [2.45, 2.75) is 6.92 Å². The summed E-state index contributed by atoms with van der Waals surface area (Å²) >= 11 is 5.55. The molecule has 0 fully saturated rings. The molecule has 0 unspecified atom stereocenters. The number of halogens is 2. The van der Waals surface area contributed by atoms with Crippen LogP contribution in [0, 0.1) is 12.7 Å². The van der Waals surface area contributed by atoms with Crippen LogP contribution in [0.1, 0.15) is 26.3 Å². The zero-order valence-electron chi connectivity index (χ0n) is 11.0. The Labute approximate surface area is 125 Å². The molecule has 108 valence electrons. The molecule has 2 aromatic carbocycles. The third-order valence-electron chi connectivity index (χ3n) is 2.90. The highest BCUT2D eigenvalue weighted by Gasteiger charge is 2.11. The Balaban J connectivity index is 2.21. The summed E-state index contributed by atoms with van der Waals surface area (Å²) in [7, 11) is 0. The van der Waals surface area contributed by atoms with Crippen molar-refractivity contribution in [3.8, 4) is 0 Å². The number of benzene rings is 2. The summed E-state index contributed by atoms with van der Waals surface area (Å²) in [4.78, 5) is 22.9. The maximum Gasteiger partial charge on any atom is 0.335 e. The Bertz CT molecular complexity index is 731. The zero-order valence-corrected chi connectivity index (χ0v) is 11.7. The van der Waals surface area contributed by atoms with Gasteiger partial charge in [0.05, 0.1) is 10.6 Å². The Morgan fingerprint density at radius 2 is 1.90 bits per heavy atom. The maximum absolute atomic E-state index is 13.3. The number of amides is 1. The highest BCUT2D eigenvalue weighted by atomic mass is 35.5. The second-order valence-electron chi connectivity index (χ2n) is 4.42. The van der Waals surface area contributed by atoms with E-state index >= 15 is 0 Å². The summed E-state index contributed by atoms with van der Waals surface area (Å²) < 4.78 is 13.3. The number of carboxylic acid groups (broad SMARTS) is 1. The first-order valence-electron chi connectivity index (χ1n) is 5.99. The summed E-state index contributed by atoms with van der Waals surface area (Å²) in [6, 6.07) is 8.14. The molecule has 0 bridgehead atoms. The van der Waals surface area contributed by atoms with E-state index < -0.39 is 17.7 Å². The van der Waals surface area contributed by atoms with Crippen LogP contribution in [-0.4, -0.2) is 17.0 Å². The van der Waals surface area contributed by atoms with Gasteiger partial charge in [0.1, 0.15) is 5.82 Å². The molecular formula is C15H11ClFNO3. The minimum absolute atomic E-state index is 0.0618.